The van der Waals surface area contributed by atoms with Crippen LogP contribution in [0, 0.1) is 17.5 Å². The zero-order valence-electron chi connectivity index (χ0n) is 8.49. The van der Waals surface area contributed by atoms with Gasteiger partial charge in [0.25, 0.3) is 0 Å². The van der Waals surface area contributed by atoms with E-state index in [1.165, 1.54) is 0 Å². The van der Waals surface area contributed by atoms with Crippen LogP contribution in [0.5, 0.6) is 5.75 Å². The normalized spacial score (nSPS) is 15.6. The molecule has 0 bridgehead atoms. The van der Waals surface area contributed by atoms with E-state index in [1.807, 2.05) is 0 Å². The van der Waals surface area contributed by atoms with Crippen molar-refractivity contribution in [1.82, 2.24) is 4.90 Å². The zero-order valence-corrected chi connectivity index (χ0v) is 8.49. The Morgan fingerprint density at radius 2 is 1.82 bits per heavy atom. The zero-order chi connectivity index (χ0) is 12.6. The highest BCUT2D eigenvalue weighted by molar-refractivity contribution is 5.66. The highest BCUT2D eigenvalue weighted by atomic mass is 19.1. The minimum atomic E-state index is -1.14. The van der Waals surface area contributed by atoms with Crippen LogP contribution in [0.2, 0.25) is 0 Å². The van der Waals surface area contributed by atoms with E-state index in [0.29, 0.717) is 12.1 Å². The van der Waals surface area contributed by atoms with Gasteiger partial charge in [-0.25, -0.2) is 18.0 Å². The van der Waals surface area contributed by atoms with E-state index in [0.717, 1.165) is 4.90 Å². The van der Waals surface area contributed by atoms with Crippen molar-refractivity contribution in [3.8, 4) is 5.75 Å². The summed E-state index contributed by atoms with van der Waals surface area (Å²) in [5.74, 6) is -4.00. The number of ether oxygens (including phenoxy) is 1. The van der Waals surface area contributed by atoms with Crippen LogP contribution in [-0.4, -0.2) is 35.3 Å². The average molecular weight is 247 g/mol. The summed E-state index contributed by atoms with van der Waals surface area (Å²) in [6.45, 7) is 0.0666. The third kappa shape index (κ3) is 2.27. The first kappa shape index (κ1) is 11.6. The molecule has 1 saturated heterocycles. The molecule has 1 heterocycles. The van der Waals surface area contributed by atoms with Crippen LogP contribution < -0.4 is 4.74 Å². The Labute approximate surface area is 94.2 Å². The van der Waals surface area contributed by atoms with Crippen molar-refractivity contribution >= 4 is 6.09 Å². The third-order valence-corrected chi connectivity index (χ3v) is 2.37. The molecule has 17 heavy (non-hydrogen) atoms. The van der Waals surface area contributed by atoms with Crippen molar-refractivity contribution < 1.29 is 27.8 Å². The molecule has 1 amide bonds. The molecule has 1 aliphatic heterocycles. The molecule has 0 unspecified atom stereocenters. The summed E-state index contributed by atoms with van der Waals surface area (Å²) < 4.78 is 43.8. The summed E-state index contributed by atoms with van der Waals surface area (Å²) in [5.41, 5.74) is 0. The van der Waals surface area contributed by atoms with Gasteiger partial charge in [-0.3, -0.25) is 0 Å². The molecular formula is C10H8F3NO3. The van der Waals surface area contributed by atoms with Crippen LogP contribution >= 0.6 is 0 Å². The number of rotatable bonds is 2. The largest absolute Gasteiger partial charge is 0.481 e. The fraction of sp³-hybridized carbons (Fsp3) is 0.300. The molecule has 0 atom stereocenters. The predicted octanol–water partition coefficient (Wildman–Crippen LogP) is 1.84. The Morgan fingerprint density at radius 1 is 1.29 bits per heavy atom. The van der Waals surface area contributed by atoms with Crippen molar-refractivity contribution in [3.05, 3.63) is 29.6 Å². The van der Waals surface area contributed by atoms with Crippen LogP contribution in [0.4, 0.5) is 18.0 Å². The number of hydrogen-bond donors (Lipinski definition) is 1. The van der Waals surface area contributed by atoms with Crippen molar-refractivity contribution in [1.29, 1.82) is 0 Å². The van der Waals surface area contributed by atoms with Gasteiger partial charge in [0.1, 0.15) is 11.9 Å². The molecule has 1 aromatic rings. The van der Waals surface area contributed by atoms with E-state index >= 15 is 0 Å². The van der Waals surface area contributed by atoms with Gasteiger partial charge < -0.3 is 14.7 Å². The summed E-state index contributed by atoms with van der Waals surface area (Å²) >= 11 is 0. The van der Waals surface area contributed by atoms with Crippen molar-refractivity contribution in [2.75, 3.05) is 13.1 Å². The number of carboxylic acid groups (broad SMARTS) is 1. The number of hydrogen-bond acceptors (Lipinski definition) is 2. The summed E-state index contributed by atoms with van der Waals surface area (Å²) in [6, 6.07) is 1.01. The molecule has 1 aliphatic rings. The number of nitrogens with zero attached hydrogens (tertiary/aromatic N) is 1. The fourth-order valence-corrected chi connectivity index (χ4v) is 1.48. The smallest absolute Gasteiger partial charge is 0.407 e. The number of halogens is 3. The minimum absolute atomic E-state index is 0.0333. The van der Waals surface area contributed by atoms with Crippen LogP contribution in [0.3, 0.4) is 0 Å². The Balaban J connectivity index is 2.04. The van der Waals surface area contributed by atoms with Crippen molar-refractivity contribution in [2.24, 2.45) is 0 Å². The van der Waals surface area contributed by atoms with Gasteiger partial charge in [0, 0.05) is 12.1 Å². The number of amides is 1. The summed E-state index contributed by atoms with van der Waals surface area (Å²) in [5, 5.41) is 8.54. The van der Waals surface area contributed by atoms with Crippen LogP contribution in [-0.2, 0) is 0 Å². The quantitative estimate of drug-likeness (QED) is 0.867. The van der Waals surface area contributed by atoms with Crippen LogP contribution in [0.1, 0.15) is 0 Å². The Morgan fingerprint density at radius 3 is 2.29 bits per heavy atom. The molecule has 0 radical (unpaired) electrons. The van der Waals surface area contributed by atoms with Gasteiger partial charge in [-0.05, 0) is 0 Å². The molecule has 1 N–H and O–H groups in total. The summed E-state index contributed by atoms with van der Waals surface area (Å²) in [4.78, 5) is 11.5. The maximum absolute atomic E-state index is 13.2. The second kappa shape index (κ2) is 4.15. The molecule has 1 aromatic carbocycles. The number of carbonyl (C=O) groups is 1. The van der Waals surface area contributed by atoms with Crippen LogP contribution in [0.15, 0.2) is 12.1 Å². The monoisotopic (exact) mass is 247 g/mol. The molecule has 4 nitrogen and oxygen atoms in total. The van der Waals surface area contributed by atoms with Gasteiger partial charge in [0.2, 0.25) is 0 Å². The molecule has 92 valence electrons. The molecular weight excluding hydrogens is 239 g/mol. The first-order valence-electron chi connectivity index (χ1n) is 4.76. The highest BCUT2D eigenvalue weighted by Crippen LogP contribution is 2.25. The molecule has 7 heteroatoms. The summed E-state index contributed by atoms with van der Waals surface area (Å²) in [6.07, 6.45) is -1.73. The van der Waals surface area contributed by atoms with E-state index in [2.05, 4.69) is 0 Å². The third-order valence-electron chi connectivity index (χ3n) is 2.37. The molecule has 0 saturated carbocycles. The van der Waals surface area contributed by atoms with Crippen molar-refractivity contribution in [2.45, 2.75) is 6.10 Å². The Hall–Kier alpha value is -1.92. The molecule has 1 fully saturated rings. The van der Waals surface area contributed by atoms with Gasteiger partial charge in [0.15, 0.2) is 17.4 Å². The van der Waals surface area contributed by atoms with Crippen LogP contribution in [0.25, 0.3) is 0 Å². The lowest BCUT2D eigenvalue weighted by Crippen LogP contribution is -2.55. The Bertz CT molecular complexity index is 437. The standard InChI is InChI=1S/C10H8F3NO3/c11-5-1-7(12)9(8(13)2-5)17-6-3-14(4-6)10(15)16/h1-2,6H,3-4H2,(H,15,16). The average Bonchev–Trinajstić information content (AvgIpc) is 2.12. The first-order valence-corrected chi connectivity index (χ1v) is 4.76. The van der Waals surface area contributed by atoms with Gasteiger partial charge in [-0.1, -0.05) is 0 Å². The van der Waals surface area contributed by atoms with E-state index in [1.54, 1.807) is 0 Å². The highest BCUT2D eigenvalue weighted by Gasteiger charge is 2.33. The molecule has 0 aromatic heterocycles. The second-order valence-electron chi connectivity index (χ2n) is 3.63. The molecule has 2 rings (SSSR count). The maximum Gasteiger partial charge on any atom is 0.407 e. The van der Waals surface area contributed by atoms with Gasteiger partial charge in [-0.2, -0.15) is 0 Å². The van der Waals surface area contributed by atoms with Gasteiger partial charge in [-0.15, -0.1) is 0 Å². The first-order chi connectivity index (χ1) is 7.97. The predicted molar refractivity (Wildman–Crippen MR) is 50.3 cm³/mol. The number of benzene rings is 1. The van der Waals surface area contributed by atoms with E-state index in [9.17, 15) is 18.0 Å². The van der Waals surface area contributed by atoms with Gasteiger partial charge >= 0.3 is 6.09 Å². The minimum Gasteiger partial charge on any atom is -0.481 e. The Kier molecular flexibility index (Phi) is 2.83. The second-order valence-corrected chi connectivity index (χ2v) is 3.63. The number of likely N-dealkylation sites (tertiary alicyclic amines) is 1. The lowest BCUT2D eigenvalue weighted by molar-refractivity contribution is 0.0210. The molecule has 0 aliphatic carbocycles. The molecule has 0 spiro atoms. The lowest BCUT2D eigenvalue weighted by atomic mass is 10.2. The van der Waals surface area contributed by atoms with E-state index in [-0.39, 0.29) is 13.1 Å². The van der Waals surface area contributed by atoms with E-state index in [4.69, 9.17) is 9.84 Å². The fourth-order valence-electron chi connectivity index (χ4n) is 1.48. The van der Waals surface area contributed by atoms with Gasteiger partial charge in [0.05, 0.1) is 13.1 Å². The topological polar surface area (TPSA) is 49.8 Å². The van der Waals surface area contributed by atoms with E-state index < -0.39 is 35.4 Å². The SMILES string of the molecule is O=C(O)N1CC(Oc2c(F)cc(F)cc2F)C1. The lowest BCUT2D eigenvalue weighted by Gasteiger charge is -2.36. The maximum atomic E-state index is 13.2. The van der Waals surface area contributed by atoms with Crippen molar-refractivity contribution in [3.63, 3.8) is 0 Å². The summed E-state index contributed by atoms with van der Waals surface area (Å²) in [7, 11) is 0.